The Morgan fingerprint density at radius 3 is 2.90 bits per heavy atom. The maximum atomic E-state index is 11.5. The summed E-state index contributed by atoms with van der Waals surface area (Å²) in [4.78, 5) is 23.7. The molecule has 3 rings (SSSR count). The third kappa shape index (κ3) is 1.85. The lowest BCUT2D eigenvalue weighted by Gasteiger charge is -2.03. The molecule has 3 aromatic heterocycles. The second-order valence-corrected chi connectivity index (χ2v) is 4.00. The number of nitrogens with zero attached hydrogens (tertiary/aromatic N) is 4. The summed E-state index contributed by atoms with van der Waals surface area (Å²) in [6.45, 7) is 0. The number of methoxy groups -OCH3 is 1. The van der Waals surface area contributed by atoms with Gasteiger partial charge in [0, 0.05) is 18.6 Å². The molecule has 0 bridgehead atoms. The van der Waals surface area contributed by atoms with Crippen LogP contribution in [-0.2, 0) is 4.74 Å². The van der Waals surface area contributed by atoms with Gasteiger partial charge in [-0.3, -0.25) is 9.38 Å². The van der Waals surface area contributed by atoms with Crippen molar-refractivity contribution >= 4 is 11.7 Å². The molecule has 0 radical (unpaired) electrons. The maximum Gasteiger partial charge on any atom is 0.340 e. The van der Waals surface area contributed by atoms with Gasteiger partial charge in [-0.15, -0.1) is 0 Å². The molecule has 20 heavy (non-hydrogen) atoms. The first-order chi connectivity index (χ1) is 9.70. The standard InChI is InChI=1S/C13H10N4O3/c1-20-12(19)8-6-15-13-16-11(18)10(17(13)7-8)9-4-2-3-5-14-9/h2-7,18H,1H3. The highest BCUT2D eigenvalue weighted by Gasteiger charge is 2.17. The van der Waals surface area contributed by atoms with Crippen molar-refractivity contribution in [1.82, 2.24) is 19.4 Å². The third-order valence-corrected chi connectivity index (χ3v) is 2.79. The van der Waals surface area contributed by atoms with Gasteiger partial charge in [0.05, 0.1) is 18.4 Å². The third-order valence-electron chi connectivity index (χ3n) is 2.79. The first kappa shape index (κ1) is 12.1. The summed E-state index contributed by atoms with van der Waals surface area (Å²) in [5.41, 5.74) is 1.16. The van der Waals surface area contributed by atoms with E-state index in [0.717, 1.165) is 0 Å². The first-order valence-corrected chi connectivity index (χ1v) is 5.77. The van der Waals surface area contributed by atoms with Crippen molar-refractivity contribution in [1.29, 1.82) is 0 Å². The molecular formula is C13H10N4O3. The zero-order valence-corrected chi connectivity index (χ0v) is 10.5. The summed E-state index contributed by atoms with van der Waals surface area (Å²) in [6.07, 6.45) is 4.45. The molecule has 7 nitrogen and oxygen atoms in total. The molecule has 3 aromatic rings. The molecule has 0 aliphatic heterocycles. The summed E-state index contributed by atoms with van der Waals surface area (Å²) < 4.78 is 6.15. The highest BCUT2D eigenvalue weighted by Crippen LogP contribution is 2.27. The Labute approximate surface area is 113 Å². The van der Waals surface area contributed by atoms with Gasteiger partial charge >= 0.3 is 5.97 Å². The van der Waals surface area contributed by atoms with Crippen molar-refractivity contribution in [3.63, 3.8) is 0 Å². The van der Waals surface area contributed by atoms with Crippen LogP contribution in [0, 0.1) is 0 Å². The number of carbonyl (C=O) groups is 1. The summed E-state index contributed by atoms with van der Waals surface area (Å²) in [5, 5.41) is 9.95. The van der Waals surface area contributed by atoms with Crippen molar-refractivity contribution in [3.05, 3.63) is 42.4 Å². The van der Waals surface area contributed by atoms with Crippen molar-refractivity contribution < 1.29 is 14.6 Å². The molecule has 0 amide bonds. The van der Waals surface area contributed by atoms with E-state index in [2.05, 4.69) is 19.7 Å². The van der Waals surface area contributed by atoms with Gasteiger partial charge in [0.15, 0.2) is 0 Å². The van der Waals surface area contributed by atoms with E-state index >= 15 is 0 Å². The van der Waals surface area contributed by atoms with Crippen LogP contribution in [0.25, 0.3) is 17.2 Å². The van der Waals surface area contributed by atoms with Gasteiger partial charge in [-0.1, -0.05) is 6.07 Å². The van der Waals surface area contributed by atoms with Crippen LogP contribution in [0.3, 0.4) is 0 Å². The molecule has 0 saturated heterocycles. The van der Waals surface area contributed by atoms with Crippen LogP contribution >= 0.6 is 0 Å². The van der Waals surface area contributed by atoms with E-state index in [0.29, 0.717) is 11.4 Å². The van der Waals surface area contributed by atoms with Crippen LogP contribution in [0.4, 0.5) is 0 Å². The van der Waals surface area contributed by atoms with Gasteiger partial charge in [0.25, 0.3) is 0 Å². The van der Waals surface area contributed by atoms with E-state index in [9.17, 15) is 9.90 Å². The van der Waals surface area contributed by atoms with E-state index < -0.39 is 5.97 Å². The Balaban J connectivity index is 2.26. The van der Waals surface area contributed by atoms with Gasteiger partial charge in [-0.25, -0.2) is 9.78 Å². The molecule has 0 unspecified atom stereocenters. The zero-order valence-electron chi connectivity index (χ0n) is 10.5. The monoisotopic (exact) mass is 270 g/mol. The Kier molecular flexibility index (Phi) is 2.79. The normalized spacial score (nSPS) is 10.7. The highest BCUT2D eigenvalue weighted by molar-refractivity contribution is 5.89. The van der Waals surface area contributed by atoms with Crippen LogP contribution in [0.15, 0.2) is 36.8 Å². The lowest BCUT2D eigenvalue weighted by Crippen LogP contribution is -2.04. The molecule has 0 fully saturated rings. The van der Waals surface area contributed by atoms with Gasteiger partial charge in [-0.2, -0.15) is 4.98 Å². The summed E-state index contributed by atoms with van der Waals surface area (Å²) in [5.74, 6) is -0.436. The number of pyridine rings is 1. The average Bonchev–Trinajstić information content (AvgIpc) is 2.82. The van der Waals surface area contributed by atoms with E-state index in [-0.39, 0.29) is 17.2 Å². The fourth-order valence-electron chi connectivity index (χ4n) is 1.89. The lowest BCUT2D eigenvalue weighted by molar-refractivity contribution is 0.0599. The molecular weight excluding hydrogens is 260 g/mol. The van der Waals surface area contributed by atoms with E-state index in [1.54, 1.807) is 24.4 Å². The first-order valence-electron chi connectivity index (χ1n) is 5.77. The molecule has 100 valence electrons. The Bertz CT molecular complexity index is 783. The zero-order chi connectivity index (χ0) is 14.1. The van der Waals surface area contributed by atoms with Crippen LogP contribution in [0.2, 0.25) is 0 Å². The molecule has 0 aromatic carbocycles. The molecule has 0 aliphatic rings. The lowest BCUT2D eigenvalue weighted by atomic mass is 10.2. The number of aromatic hydroxyl groups is 1. The number of imidazole rings is 1. The number of hydrogen-bond acceptors (Lipinski definition) is 6. The number of rotatable bonds is 2. The average molecular weight is 270 g/mol. The summed E-state index contributed by atoms with van der Waals surface area (Å²) in [6, 6.07) is 5.29. The van der Waals surface area contributed by atoms with Crippen LogP contribution < -0.4 is 0 Å². The van der Waals surface area contributed by atoms with Gasteiger partial charge in [0.1, 0.15) is 5.69 Å². The smallest absolute Gasteiger partial charge is 0.340 e. The van der Waals surface area contributed by atoms with Crippen LogP contribution in [-0.4, -0.2) is 37.5 Å². The van der Waals surface area contributed by atoms with Gasteiger partial charge in [0.2, 0.25) is 11.7 Å². The molecule has 7 heteroatoms. The summed E-state index contributed by atoms with van der Waals surface area (Å²) in [7, 11) is 1.29. The van der Waals surface area contributed by atoms with Gasteiger partial charge < -0.3 is 9.84 Å². The minimum atomic E-state index is -0.514. The molecule has 3 heterocycles. The van der Waals surface area contributed by atoms with Crippen molar-refractivity contribution in [2.45, 2.75) is 0 Å². The molecule has 0 saturated carbocycles. The second kappa shape index (κ2) is 4.61. The fraction of sp³-hybridized carbons (Fsp3) is 0.0769. The Hall–Kier alpha value is -2.96. The largest absolute Gasteiger partial charge is 0.492 e. The molecule has 0 spiro atoms. The van der Waals surface area contributed by atoms with E-state index in [4.69, 9.17) is 0 Å². The minimum Gasteiger partial charge on any atom is -0.492 e. The fourth-order valence-corrected chi connectivity index (χ4v) is 1.89. The number of fused-ring (bicyclic) bond motifs is 1. The Morgan fingerprint density at radius 2 is 2.20 bits per heavy atom. The molecule has 1 N–H and O–H groups in total. The van der Waals surface area contributed by atoms with Crippen LogP contribution in [0.1, 0.15) is 10.4 Å². The number of carbonyl (C=O) groups excluding carboxylic acids is 1. The maximum absolute atomic E-state index is 11.5. The van der Waals surface area contributed by atoms with Crippen molar-refractivity contribution in [2.24, 2.45) is 0 Å². The topological polar surface area (TPSA) is 89.6 Å². The number of aromatic nitrogens is 4. The molecule has 0 aliphatic carbocycles. The Morgan fingerprint density at radius 1 is 1.35 bits per heavy atom. The number of hydrogen-bond donors (Lipinski definition) is 1. The van der Waals surface area contributed by atoms with Crippen molar-refractivity contribution in [3.8, 4) is 17.3 Å². The predicted octanol–water partition coefficient (Wildman–Crippen LogP) is 1.28. The van der Waals surface area contributed by atoms with Gasteiger partial charge in [-0.05, 0) is 12.1 Å². The van der Waals surface area contributed by atoms with E-state index in [1.807, 2.05) is 0 Å². The second-order valence-electron chi connectivity index (χ2n) is 4.00. The minimum absolute atomic E-state index is 0.196. The molecule has 0 atom stereocenters. The number of esters is 1. The summed E-state index contributed by atoms with van der Waals surface area (Å²) >= 11 is 0. The van der Waals surface area contributed by atoms with Crippen molar-refractivity contribution in [2.75, 3.05) is 7.11 Å². The highest BCUT2D eigenvalue weighted by atomic mass is 16.5. The quantitative estimate of drug-likeness (QED) is 0.705. The number of ether oxygens (including phenoxy) is 1. The van der Waals surface area contributed by atoms with Crippen LogP contribution in [0.5, 0.6) is 5.88 Å². The SMILES string of the molecule is COC(=O)c1cnc2nc(O)c(-c3ccccn3)n2c1. The van der Waals surface area contributed by atoms with E-state index in [1.165, 1.54) is 23.9 Å². The predicted molar refractivity (Wildman–Crippen MR) is 69.2 cm³/mol.